The molecule has 0 amide bonds. The van der Waals surface area contributed by atoms with Crippen molar-refractivity contribution in [2.24, 2.45) is 0 Å². The molecular formula is C12H23ClN2O2S2. The van der Waals surface area contributed by atoms with Gasteiger partial charge in [-0.1, -0.05) is 27.7 Å². The van der Waals surface area contributed by atoms with Gasteiger partial charge in [-0.2, -0.15) is 0 Å². The highest BCUT2D eigenvalue weighted by Crippen LogP contribution is 2.31. The molecule has 1 heterocycles. The molecule has 1 rings (SSSR count). The third kappa shape index (κ3) is 5.79. The van der Waals surface area contributed by atoms with E-state index in [4.69, 9.17) is 0 Å². The highest BCUT2D eigenvalue weighted by molar-refractivity contribution is 7.91. The maximum absolute atomic E-state index is 12.0. The maximum atomic E-state index is 12.0. The minimum atomic E-state index is -3.35. The molecule has 1 aromatic rings. The second-order valence-corrected chi connectivity index (χ2v) is 8.20. The second kappa shape index (κ2) is 7.59. The van der Waals surface area contributed by atoms with E-state index in [1.54, 1.807) is 6.07 Å². The van der Waals surface area contributed by atoms with E-state index in [0.29, 0.717) is 17.3 Å². The van der Waals surface area contributed by atoms with Crippen LogP contribution < -0.4 is 10.0 Å². The van der Waals surface area contributed by atoms with E-state index in [1.165, 1.54) is 11.3 Å². The van der Waals surface area contributed by atoms with Gasteiger partial charge in [-0.15, -0.1) is 23.7 Å². The van der Waals surface area contributed by atoms with E-state index >= 15 is 0 Å². The summed E-state index contributed by atoms with van der Waals surface area (Å²) in [6.45, 7) is 10.1. The van der Waals surface area contributed by atoms with Crippen LogP contribution in [0.1, 0.15) is 32.6 Å². The number of nitrogens with one attached hydrogen (secondary N) is 2. The zero-order valence-electron chi connectivity index (χ0n) is 11.8. The molecule has 2 N–H and O–H groups in total. The Labute approximate surface area is 126 Å². The van der Waals surface area contributed by atoms with Crippen molar-refractivity contribution in [3.05, 3.63) is 17.0 Å². The fraction of sp³-hybridized carbons (Fsp3) is 0.667. The Morgan fingerprint density at radius 1 is 1.21 bits per heavy atom. The number of likely N-dealkylation sites (N-methyl/N-ethyl adjacent to an activating group) is 1. The zero-order valence-corrected chi connectivity index (χ0v) is 14.3. The van der Waals surface area contributed by atoms with Crippen LogP contribution in [0.25, 0.3) is 0 Å². The predicted molar refractivity (Wildman–Crippen MR) is 84.0 cm³/mol. The van der Waals surface area contributed by atoms with E-state index in [-0.39, 0.29) is 17.8 Å². The molecule has 0 aliphatic heterocycles. The van der Waals surface area contributed by atoms with Crippen molar-refractivity contribution in [2.45, 2.75) is 37.3 Å². The molecule has 0 spiro atoms. The van der Waals surface area contributed by atoms with Crippen LogP contribution in [-0.4, -0.2) is 28.1 Å². The van der Waals surface area contributed by atoms with Gasteiger partial charge in [0.15, 0.2) is 0 Å². The summed E-state index contributed by atoms with van der Waals surface area (Å²) in [6, 6.07) is 3.57. The van der Waals surface area contributed by atoms with E-state index in [2.05, 4.69) is 30.8 Å². The van der Waals surface area contributed by atoms with Crippen LogP contribution in [0.5, 0.6) is 0 Å². The van der Waals surface area contributed by atoms with E-state index in [1.807, 2.05) is 13.0 Å². The molecule has 0 aromatic carbocycles. The summed E-state index contributed by atoms with van der Waals surface area (Å²) < 4.78 is 27.0. The average Bonchev–Trinajstić information content (AvgIpc) is 2.73. The number of hydrogen-bond donors (Lipinski definition) is 2. The Kier molecular flexibility index (Phi) is 7.54. The summed E-state index contributed by atoms with van der Waals surface area (Å²) in [5.74, 6) is 0. The SMILES string of the molecule is CCNCCNS(=O)(=O)c1ccc(C(C)(C)C)s1.Cl. The topological polar surface area (TPSA) is 58.2 Å². The van der Waals surface area contributed by atoms with Gasteiger partial charge in [0.2, 0.25) is 10.0 Å². The first-order valence-electron chi connectivity index (χ1n) is 6.08. The van der Waals surface area contributed by atoms with Gasteiger partial charge in [0.05, 0.1) is 0 Å². The van der Waals surface area contributed by atoms with Crippen LogP contribution in [0.2, 0.25) is 0 Å². The molecule has 0 unspecified atom stereocenters. The van der Waals surface area contributed by atoms with Crippen LogP contribution in [-0.2, 0) is 15.4 Å². The Morgan fingerprint density at radius 3 is 2.32 bits per heavy atom. The molecule has 1 aromatic heterocycles. The Hall–Kier alpha value is -0.140. The maximum Gasteiger partial charge on any atom is 0.250 e. The molecule has 0 radical (unpaired) electrons. The van der Waals surface area contributed by atoms with Crippen molar-refractivity contribution in [1.29, 1.82) is 0 Å². The Balaban J connectivity index is 0.00000324. The van der Waals surface area contributed by atoms with E-state index in [9.17, 15) is 8.42 Å². The smallest absolute Gasteiger partial charge is 0.250 e. The predicted octanol–water partition coefficient (Wildman–Crippen LogP) is 2.36. The molecule has 0 saturated heterocycles. The Morgan fingerprint density at radius 2 is 1.84 bits per heavy atom. The fourth-order valence-corrected chi connectivity index (χ4v) is 3.83. The molecular weight excluding hydrogens is 304 g/mol. The van der Waals surface area contributed by atoms with Crippen LogP contribution in [0.3, 0.4) is 0 Å². The highest BCUT2D eigenvalue weighted by Gasteiger charge is 2.21. The summed E-state index contributed by atoms with van der Waals surface area (Å²) in [5, 5.41) is 3.08. The first-order chi connectivity index (χ1) is 8.27. The fourth-order valence-electron chi connectivity index (χ4n) is 1.39. The molecule has 0 aliphatic carbocycles. The lowest BCUT2D eigenvalue weighted by atomic mass is 9.95. The first-order valence-corrected chi connectivity index (χ1v) is 8.38. The van der Waals surface area contributed by atoms with Gasteiger partial charge in [-0.25, -0.2) is 13.1 Å². The first kappa shape index (κ1) is 18.9. The minimum Gasteiger partial charge on any atom is -0.316 e. The molecule has 19 heavy (non-hydrogen) atoms. The quantitative estimate of drug-likeness (QED) is 0.789. The average molecular weight is 327 g/mol. The summed E-state index contributed by atoms with van der Waals surface area (Å²) in [7, 11) is -3.35. The second-order valence-electron chi connectivity index (χ2n) is 5.12. The highest BCUT2D eigenvalue weighted by atomic mass is 35.5. The van der Waals surface area contributed by atoms with E-state index in [0.717, 1.165) is 11.4 Å². The van der Waals surface area contributed by atoms with Crippen LogP contribution in [0, 0.1) is 0 Å². The summed E-state index contributed by atoms with van der Waals surface area (Å²) in [6.07, 6.45) is 0. The lowest BCUT2D eigenvalue weighted by Crippen LogP contribution is -2.31. The summed E-state index contributed by atoms with van der Waals surface area (Å²) >= 11 is 1.34. The largest absolute Gasteiger partial charge is 0.316 e. The van der Waals surface area contributed by atoms with Crippen molar-refractivity contribution in [2.75, 3.05) is 19.6 Å². The third-order valence-corrected chi connectivity index (χ3v) is 5.89. The van der Waals surface area contributed by atoms with E-state index < -0.39 is 10.0 Å². The molecule has 0 bridgehead atoms. The van der Waals surface area contributed by atoms with Crippen molar-refractivity contribution in [3.8, 4) is 0 Å². The number of thiophene rings is 1. The summed E-state index contributed by atoms with van der Waals surface area (Å²) in [4.78, 5) is 1.08. The lowest BCUT2D eigenvalue weighted by molar-refractivity contribution is 0.579. The van der Waals surface area contributed by atoms with Gasteiger partial charge < -0.3 is 5.32 Å². The molecule has 0 aliphatic rings. The minimum absolute atomic E-state index is 0. The van der Waals surface area contributed by atoms with Gasteiger partial charge in [-0.3, -0.25) is 0 Å². The van der Waals surface area contributed by atoms with Gasteiger partial charge >= 0.3 is 0 Å². The Bertz CT molecular complexity index is 478. The molecule has 0 fully saturated rings. The van der Waals surface area contributed by atoms with Crippen LogP contribution >= 0.6 is 23.7 Å². The summed E-state index contributed by atoms with van der Waals surface area (Å²) in [5.41, 5.74) is -0.0117. The van der Waals surface area contributed by atoms with Gasteiger partial charge in [0.25, 0.3) is 0 Å². The standard InChI is InChI=1S/C12H22N2O2S2.ClH/c1-5-13-8-9-14-18(15,16)11-7-6-10(17-11)12(2,3)4;/h6-7,13-14H,5,8-9H2,1-4H3;1H. The number of rotatable bonds is 6. The number of sulfonamides is 1. The third-order valence-electron chi connectivity index (χ3n) is 2.43. The van der Waals surface area contributed by atoms with Crippen LogP contribution in [0.15, 0.2) is 16.3 Å². The molecule has 0 saturated carbocycles. The van der Waals surface area contributed by atoms with Crippen molar-refractivity contribution >= 4 is 33.8 Å². The normalized spacial score (nSPS) is 12.2. The monoisotopic (exact) mass is 326 g/mol. The van der Waals surface area contributed by atoms with Gasteiger partial charge in [0, 0.05) is 18.0 Å². The van der Waals surface area contributed by atoms with Gasteiger partial charge in [0.1, 0.15) is 4.21 Å². The van der Waals surface area contributed by atoms with Crippen molar-refractivity contribution < 1.29 is 8.42 Å². The number of hydrogen-bond acceptors (Lipinski definition) is 4. The molecule has 0 atom stereocenters. The molecule has 7 heteroatoms. The lowest BCUT2D eigenvalue weighted by Gasteiger charge is -2.15. The zero-order chi connectivity index (χ0) is 13.8. The number of halogens is 1. The van der Waals surface area contributed by atoms with Crippen LogP contribution in [0.4, 0.5) is 0 Å². The van der Waals surface area contributed by atoms with Crippen molar-refractivity contribution in [3.63, 3.8) is 0 Å². The molecule has 112 valence electrons. The molecule has 4 nitrogen and oxygen atoms in total. The van der Waals surface area contributed by atoms with Crippen molar-refractivity contribution in [1.82, 2.24) is 10.0 Å². The van der Waals surface area contributed by atoms with Gasteiger partial charge in [-0.05, 0) is 24.1 Å².